The number of methoxy groups -OCH3 is 1. The number of para-hydroxylation sites is 1. The average Bonchev–Trinajstić information content (AvgIpc) is 3.33. The number of amides is 1. The van der Waals surface area contributed by atoms with Crippen LogP contribution in [0.5, 0.6) is 17.2 Å². The minimum Gasteiger partial charge on any atom is -0.497 e. The Bertz CT molecular complexity index is 1460. The molecule has 2 heterocycles. The second-order valence-electron chi connectivity index (χ2n) is 7.91. The Morgan fingerprint density at radius 2 is 1.89 bits per heavy atom. The first kappa shape index (κ1) is 24.3. The minimum atomic E-state index is -0.466. The lowest BCUT2D eigenvalue weighted by atomic mass is 10.1. The van der Waals surface area contributed by atoms with Crippen molar-refractivity contribution in [2.24, 2.45) is 0 Å². The van der Waals surface area contributed by atoms with E-state index in [4.69, 9.17) is 14.2 Å². The lowest BCUT2D eigenvalue weighted by Gasteiger charge is -2.18. The highest BCUT2D eigenvalue weighted by atomic mass is 32.2. The van der Waals surface area contributed by atoms with Crippen LogP contribution in [0, 0.1) is 5.82 Å². The molecular weight excluding hydrogens is 499 g/mol. The Morgan fingerprint density at radius 3 is 2.68 bits per heavy atom. The molecule has 188 valence electrons. The van der Waals surface area contributed by atoms with Gasteiger partial charge in [0.2, 0.25) is 0 Å². The summed E-state index contributed by atoms with van der Waals surface area (Å²) in [6.07, 6.45) is 0. The first-order valence-electron chi connectivity index (χ1n) is 11.2. The first-order chi connectivity index (χ1) is 18.0. The third-order valence-corrected chi connectivity index (χ3v) is 6.42. The number of fused-ring (bicyclic) bond motifs is 1. The van der Waals surface area contributed by atoms with Crippen LogP contribution in [0.4, 0.5) is 10.1 Å². The van der Waals surface area contributed by atoms with E-state index < -0.39 is 5.82 Å². The molecule has 1 N–H and O–H groups in total. The number of anilines is 1. The molecule has 0 aliphatic carbocycles. The molecule has 1 aliphatic rings. The summed E-state index contributed by atoms with van der Waals surface area (Å²) in [6.45, 7) is -0.0426. The summed E-state index contributed by atoms with van der Waals surface area (Å²) in [5.74, 6) is 1.21. The standard InChI is InChI=1S/C26H21FN4O5S/c1-34-17-7-9-18(10-8-17)35-13-24-29-30-26(31(24)21-5-3-2-4-19(21)27)37-15-22(32)16-6-11-23-20(12-16)28-25(33)14-36-23/h2-12H,13-15H2,1H3,(H,28,33). The molecule has 5 rings (SSSR count). The molecule has 11 heteroatoms. The van der Waals surface area contributed by atoms with E-state index in [1.165, 1.54) is 10.6 Å². The molecule has 0 radical (unpaired) electrons. The number of carbonyl (C=O) groups is 2. The Labute approximate surface area is 215 Å². The van der Waals surface area contributed by atoms with E-state index in [0.29, 0.717) is 39.5 Å². The fraction of sp³-hybridized carbons (Fsp3) is 0.154. The second kappa shape index (κ2) is 10.7. The van der Waals surface area contributed by atoms with E-state index in [9.17, 15) is 14.0 Å². The SMILES string of the molecule is COc1ccc(OCc2nnc(SCC(=O)c3ccc4c(c3)NC(=O)CO4)n2-c2ccccc2F)cc1. The number of ether oxygens (including phenoxy) is 3. The minimum absolute atomic E-state index is 0.0134. The molecular formula is C26H21FN4O5S. The lowest BCUT2D eigenvalue weighted by molar-refractivity contribution is -0.118. The van der Waals surface area contributed by atoms with Crippen molar-refractivity contribution in [3.8, 4) is 22.9 Å². The zero-order valence-electron chi connectivity index (χ0n) is 19.6. The van der Waals surface area contributed by atoms with Crippen LogP contribution in [0.15, 0.2) is 71.9 Å². The maximum absolute atomic E-state index is 14.8. The Morgan fingerprint density at radius 1 is 1.11 bits per heavy atom. The smallest absolute Gasteiger partial charge is 0.262 e. The molecule has 4 aromatic rings. The van der Waals surface area contributed by atoms with Crippen molar-refractivity contribution in [1.29, 1.82) is 0 Å². The molecule has 1 amide bonds. The van der Waals surface area contributed by atoms with E-state index >= 15 is 0 Å². The highest BCUT2D eigenvalue weighted by molar-refractivity contribution is 7.99. The van der Waals surface area contributed by atoms with Gasteiger partial charge in [-0.25, -0.2) is 4.39 Å². The van der Waals surface area contributed by atoms with Crippen LogP contribution in [0.25, 0.3) is 5.69 Å². The van der Waals surface area contributed by atoms with Gasteiger partial charge in [0.1, 0.15) is 29.7 Å². The highest BCUT2D eigenvalue weighted by Crippen LogP contribution is 2.30. The monoisotopic (exact) mass is 520 g/mol. The predicted molar refractivity (Wildman–Crippen MR) is 134 cm³/mol. The van der Waals surface area contributed by atoms with Crippen molar-refractivity contribution in [2.75, 3.05) is 24.8 Å². The van der Waals surface area contributed by atoms with Gasteiger partial charge in [0.25, 0.3) is 5.91 Å². The number of hydrogen-bond donors (Lipinski definition) is 1. The number of halogens is 1. The Hall–Kier alpha value is -4.38. The summed E-state index contributed by atoms with van der Waals surface area (Å²) < 4.78 is 32.6. The van der Waals surface area contributed by atoms with Crippen molar-refractivity contribution in [3.63, 3.8) is 0 Å². The van der Waals surface area contributed by atoms with E-state index in [1.54, 1.807) is 67.8 Å². The van der Waals surface area contributed by atoms with Crippen molar-refractivity contribution in [2.45, 2.75) is 11.8 Å². The summed E-state index contributed by atoms with van der Waals surface area (Å²) in [7, 11) is 1.58. The van der Waals surface area contributed by atoms with Crippen molar-refractivity contribution >= 4 is 29.1 Å². The van der Waals surface area contributed by atoms with Crippen LogP contribution in [-0.2, 0) is 11.4 Å². The Balaban J connectivity index is 1.35. The van der Waals surface area contributed by atoms with Crippen LogP contribution in [0.3, 0.4) is 0 Å². The molecule has 0 fully saturated rings. The van der Waals surface area contributed by atoms with Crippen molar-refractivity contribution < 1.29 is 28.2 Å². The normalized spacial score (nSPS) is 12.3. The number of hydrogen-bond acceptors (Lipinski definition) is 8. The number of Topliss-reactive ketones (excluding diaryl/α,β-unsaturated/α-hetero) is 1. The zero-order chi connectivity index (χ0) is 25.8. The van der Waals surface area contributed by atoms with Gasteiger partial charge in [-0.05, 0) is 54.6 Å². The van der Waals surface area contributed by atoms with E-state index in [-0.39, 0.29) is 36.3 Å². The largest absolute Gasteiger partial charge is 0.497 e. The van der Waals surface area contributed by atoms with Gasteiger partial charge in [-0.1, -0.05) is 23.9 Å². The van der Waals surface area contributed by atoms with E-state index in [1.807, 2.05) is 0 Å². The summed E-state index contributed by atoms with van der Waals surface area (Å²) >= 11 is 1.12. The summed E-state index contributed by atoms with van der Waals surface area (Å²) in [5.41, 5.74) is 1.08. The van der Waals surface area contributed by atoms with Crippen LogP contribution in [0.1, 0.15) is 16.2 Å². The number of benzene rings is 3. The highest BCUT2D eigenvalue weighted by Gasteiger charge is 2.21. The molecule has 0 bridgehead atoms. The van der Waals surface area contributed by atoms with Gasteiger partial charge in [-0.2, -0.15) is 0 Å². The van der Waals surface area contributed by atoms with Gasteiger partial charge in [0.05, 0.1) is 24.2 Å². The second-order valence-corrected chi connectivity index (χ2v) is 8.85. The summed E-state index contributed by atoms with van der Waals surface area (Å²) in [6, 6.07) is 18.1. The third kappa shape index (κ3) is 5.41. The molecule has 3 aromatic carbocycles. The third-order valence-electron chi connectivity index (χ3n) is 5.49. The topological polar surface area (TPSA) is 105 Å². The number of nitrogens with one attached hydrogen (secondary N) is 1. The molecule has 1 aromatic heterocycles. The van der Waals surface area contributed by atoms with Crippen LogP contribution < -0.4 is 19.5 Å². The van der Waals surface area contributed by atoms with Gasteiger partial charge in [-0.15, -0.1) is 10.2 Å². The maximum Gasteiger partial charge on any atom is 0.262 e. The Kier molecular flexibility index (Phi) is 7.04. The first-order valence-corrected chi connectivity index (χ1v) is 12.2. The van der Waals surface area contributed by atoms with Crippen molar-refractivity contribution in [1.82, 2.24) is 14.8 Å². The molecule has 0 unspecified atom stereocenters. The van der Waals surface area contributed by atoms with Crippen LogP contribution in [0.2, 0.25) is 0 Å². The maximum atomic E-state index is 14.8. The molecule has 0 saturated heterocycles. The molecule has 1 aliphatic heterocycles. The number of thioether (sulfide) groups is 1. The summed E-state index contributed by atoms with van der Waals surface area (Å²) in [5, 5.41) is 11.4. The summed E-state index contributed by atoms with van der Waals surface area (Å²) in [4.78, 5) is 24.5. The van der Waals surface area contributed by atoms with Crippen molar-refractivity contribution in [3.05, 3.63) is 83.9 Å². The van der Waals surface area contributed by atoms with Gasteiger partial charge in [-0.3, -0.25) is 14.2 Å². The van der Waals surface area contributed by atoms with Gasteiger partial charge in [0.15, 0.2) is 23.4 Å². The van der Waals surface area contributed by atoms with E-state index in [2.05, 4.69) is 15.5 Å². The number of aromatic nitrogens is 3. The fourth-order valence-corrected chi connectivity index (χ4v) is 4.51. The quantitative estimate of drug-likeness (QED) is 0.257. The van der Waals surface area contributed by atoms with Gasteiger partial charge < -0.3 is 19.5 Å². The van der Waals surface area contributed by atoms with Gasteiger partial charge >= 0.3 is 0 Å². The average molecular weight is 521 g/mol. The molecule has 9 nitrogen and oxygen atoms in total. The van der Waals surface area contributed by atoms with Crippen LogP contribution >= 0.6 is 11.8 Å². The van der Waals surface area contributed by atoms with Crippen LogP contribution in [-0.4, -0.2) is 45.9 Å². The zero-order valence-corrected chi connectivity index (χ0v) is 20.5. The van der Waals surface area contributed by atoms with Gasteiger partial charge in [0, 0.05) is 5.56 Å². The molecule has 0 saturated carbocycles. The fourth-order valence-electron chi connectivity index (χ4n) is 3.65. The molecule has 37 heavy (non-hydrogen) atoms. The lowest BCUT2D eigenvalue weighted by Crippen LogP contribution is -2.25. The number of nitrogens with zero attached hydrogens (tertiary/aromatic N) is 3. The predicted octanol–water partition coefficient (Wildman–Crippen LogP) is 4.30. The number of rotatable bonds is 9. The molecule has 0 spiro atoms. The van der Waals surface area contributed by atoms with E-state index in [0.717, 1.165) is 11.8 Å². The number of carbonyl (C=O) groups excluding carboxylic acids is 2. The number of ketones is 1. The molecule has 0 atom stereocenters.